The fraction of sp³-hybridized carbons (Fsp3) is 0.188. The maximum Gasteiger partial charge on any atom is 0.243 e. The maximum atomic E-state index is 11.8. The average molecular weight is 297 g/mol. The zero-order valence-electron chi connectivity index (χ0n) is 12.4. The number of amides is 1. The number of aliphatic imine (C=N–C) groups is 1. The topological polar surface area (TPSA) is 78.4 Å². The Morgan fingerprint density at radius 2 is 1.86 bits per heavy atom. The fourth-order valence-electron chi connectivity index (χ4n) is 1.79. The minimum absolute atomic E-state index is 0.132. The van der Waals surface area contributed by atoms with Crippen molar-refractivity contribution in [2.45, 2.75) is 6.54 Å². The van der Waals surface area contributed by atoms with E-state index in [-0.39, 0.29) is 12.5 Å². The van der Waals surface area contributed by atoms with Crippen molar-refractivity contribution < 1.29 is 4.79 Å². The maximum absolute atomic E-state index is 11.8. The summed E-state index contributed by atoms with van der Waals surface area (Å²) in [6.45, 7) is 0.678. The van der Waals surface area contributed by atoms with Gasteiger partial charge >= 0.3 is 0 Å². The summed E-state index contributed by atoms with van der Waals surface area (Å²) in [5.74, 6) is 0.417. The van der Waals surface area contributed by atoms with Crippen molar-refractivity contribution in [3.8, 4) is 0 Å². The van der Waals surface area contributed by atoms with E-state index in [1.807, 2.05) is 48.5 Å². The van der Waals surface area contributed by atoms with E-state index in [2.05, 4.69) is 25.9 Å². The van der Waals surface area contributed by atoms with Gasteiger partial charge in [-0.3, -0.25) is 14.8 Å². The van der Waals surface area contributed by atoms with Gasteiger partial charge in [-0.1, -0.05) is 24.3 Å². The normalized spacial score (nSPS) is 10.9. The second kappa shape index (κ2) is 8.41. The van der Waals surface area contributed by atoms with E-state index in [9.17, 15) is 4.79 Å². The number of pyridine rings is 1. The standard InChI is InChI=1S/C16H19N5O/c1-17-16(19-11-14-9-5-6-10-18-14)20-12-15(22)21-13-7-3-2-4-8-13/h2-10H,11-12H2,1H3,(H,21,22)(H2,17,19,20). The molecule has 2 aromatic rings. The van der Waals surface area contributed by atoms with Crippen LogP contribution in [-0.4, -0.2) is 30.4 Å². The summed E-state index contributed by atoms with van der Waals surface area (Å²) in [7, 11) is 1.66. The molecule has 1 amide bonds. The van der Waals surface area contributed by atoms with Crippen molar-refractivity contribution in [2.24, 2.45) is 4.99 Å². The van der Waals surface area contributed by atoms with E-state index in [1.54, 1.807) is 13.2 Å². The minimum atomic E-state index is -0.132. The third kappa shape index (κ3) is 5.24. The Morgan fingerprint density at radius 1 is 1.09 bits per heavy atom. The van der Waals surface area contributed by atoms with E-state index >= 15 is 0 Å². The highest BCUT2D eigenvalue weighted by Gasteiger charge is 2.04. The van der Waals surface area contributed by atoms with Crippen LogP contribution in [0.1, 0.15) is 5.69 Å². The lowest BCUT2D eigenvalue weighted by Gasteiger charge is -2.11. The molecule has 6 nitrogen and oxygen atoms in total. The second-order valence-electron chi connectivity index (χ2n) is 4.51. The number of anilines is 1. The summed E-state index contributed by atoms with van der Waals surface area (Å²) < 4.78 is 0. The van der Waals surface area contributed by atoms with E-state index in [0.717, 1.165) is 11.4 Å². The number of aromatic nitrogens is 1. The molecule has 3 N–H and O–H groups in total. The molecule has 0 bridgehead atoms. The van der Waals surface area contributed by atoms with Crippen molar-refractivity contribution in [1.82, 2.24) is 15.6 Å². The van der Waals surface area contributed by atoms with Gasteiger partial charge in [0.25, 0.3) is 0 Å². The Kier molecular flexibility index (Phi) is 5.92. The first-order valence-corrected chi connectivity index (χ1v) is 6.97. The van der Waals surface area contributed by atoms with Gasteiger partial charge in [0.05, 0.1) is 18.8 Å². The lowest BCUT2D eigenvalue weighted by molar-refractivity contribution is -0.115. The smallest absolute Gasteiger partial charge is 0.243 e. The zero-order valence-corrected chi connectivity index (χ0v) is 12.4. The fourth-order valence-corrected chi connectivity index (χ4v) is 1.79. The highest BCUT2D eigenvalue weighted by atomic mass is 16.1. The monoisotopic (exact) mass is 297 g/mol. The first-order chi connectivity index (χ1) is 10.8. The quantitative estimate of drug-likeness (QED) is 0.575. The highest BCUT2D eigenvalue weighted by Crippen LogP contribution is 2.03. The minimum Gasteiger partial charge on any atom is -0.351 e. The van der Waals surface area contributed by atoms with Gasteiger partial charge in [0, 0.05) is 18.9 Å². The van der Waals surface area contributed by atoms with E-state index < -0.39 is 0 Å². The number of benzene rings is 1. The number of guanidine groups is 1. The number of carbonyl (C=O) groups is 1. The van der Waals surface area contributed by atoms with Crippen molar-refractivity contribution >= 4 is 17.6 Å². The molecule has 1 aromatic heterocycles. The van der Waals surface area contributed by atoms with Crippen molar-refractivity contribution in [3.05, 3.63) is 60.4 Å². The largest absolute Gasteiger partial charge is 0.351 e. The van der Waals surface area contributed by atoms with Crippen LogP contribution in [0.2, 0.25) is 0 Å². The molecule has 2 rings (SSSR count). The van der Waals surface area contributed by atoms with Crippen molar-refractivity contribution in [2.75, 3.05) is 18.9 Å². The number of para-hydroxylation sites is 1. The average Bonchev–Trinajstić information content (AvgIpc) is 2.57. The van der Waals surface area contributed by atoms with Gasteiger partial charge in [0.1, 0.15) is 0 Å². The Hall–Kier alpha value is -2.89. The van der Waals surface area contributed by atoms with E-state index in [0.29, 0.717) is 12.5 Å². The molecule has 0 fully saturated rings. The lowest BCUT2D eigenvalue weighted by Crippen LogP contribution is -2.41. The van der Waals surface area contributed by atoms with Gasteiger partial charge < -0.3 is 16.0 Å². The summed E-state index contributed by atoms with van der Waals surface area (Å²) >= 11 is 0. The predicted octanol–water partition coefficient (Wildman–Crippen LogP) is 1.39. The Balaban J connectivity index is 1.75. The van der Waals surface area contributed by atoms with Crippen LogP contribution >= 0.6 is 0 Å². The van der Waals surface area contributed by atoms with Gasteiger partial charge in [0.15, 0.2) is 5.96 Å². The summed E-state index contributed by atoms with van der Waals surface area (Å²) in [5, 5.41) is 8.86. The van der Waals surface area contributed by atoms with Gasteiger partial charge in [-0.15, -0.1) is 0 Å². The van der Waals surface area contributed by atoms with Crippen LogP contribution in [0.5, 0.6) is 0 Å². The Bertz CT molecular complexity index is 613. The van der Waals surface area contributed by atoms with Crippen LogP contribution < -0.4 is 16.0 Å². The van der Waals surface area contributed by atoms with Crippen LogP contribution in [0.4, 0.5) is 5.69 Å². The van der Waals surface area contributed by atoms with Crippen molar-refractivity contribution in [3.63, 3.8) is 0 Å². The Morgan fingerprint density at radius 3 is 2.55 bits per heavy atom. The predicted molar refractivity (Wildman–Crippen MR) is 87.5 cm³/mol. The van der Waals surface area contributed by atoms with Gasteiger partial charge in [-0.2, -0.15) is 0 Å². The summed E-state index contributed by atoms with van der Waals surface area (Å²) in [6.07, 6.45) is 1.74. The molecule has 114 valence electrons. The third-order valence-corrected chi connectivity index (χ3v) is 2.86. The number of hydrogen-bond donors (Lipinski definition) is 3. The second-order valence-corrected chi connectivity index (χ2v) is 4.51. The van der Waals surface area contributed by atoms with Gasteiger partial charge in [-0.05, 0) is 24.3 Å². The molecular weight excluding hydrogens is 278 g/mol. The number of carbonyl (C=O) groups excluding carboxylic acids is 1. The van der Waals surface area contributed by atoms with E-state index in [1.165, 1.54) is 0 Å². The molecule has 6 heteroatoms. The van der Waals surface area contributed by atoms with Gasteiger partial charge in [-0.25, -0.2) is 0 Å². The summed E-state index contributed by atoms with van der Waals surface area (Å²) in [4.78, 5) is 20.1. The summed E-state index contributed by atoms with van der Waals surface area (Å²) in [6, 6.07) is 15.0. The highest BCUT2D eigenvalue weighted by molar-refractivity contribution is 5.94. The Labute approximate surface area is 129 Å². The number of hydrogen-bond acceptors (Lipinski definition) is 3. The van der Waals surface area contributed by atoms with E-state index in [4.69, 9.17) is 0 Å². The van der Waals surface area contributed by atoms with Crippen LogP contribution in [0.15, 0.2) is 59.7 Å². The first kappa shape index (κ1) is 15.5. The molecule has 0 radical (unpaired) electrons. The van der Waals surface area contributed by atoms with Crippen LogP contribution in [0.25, 0.3) is 0 Å². The molecule has 0 aliphatic rings. The third-order valence-electron chi connectivity index (χ3n) is 2.86. The lowest BCUT2D eigenvalue weighted by atomic mass is 10.3. The van der Waals surface area contributed by atoms with Crippen molar-refractivity contribution in [1.29, 1.82) is 0 Å². The molecule has 0 unspecified atom stereocenters. The zero-order chi connectivity index (χ0) is 15.6. The number of nitrogens with one attached hydrogen (secondary N) is 3. The molecule has 0 spiro atoms. The molecule has 0 saturated carbocycles. The van der Waals surface area contributed by atoms with Crippen LogP contribution in [0, 0.1) is 0 Å². The molecule has 0 atom stereocenters. The molecule has 1 aromatic carbocycles. The van der Waals surface area contributed by atoms with Gasteiger partial charge in [0.2, 0.25) is 5.91 Å². The number of rotatable bonds is 5. The molecule has 1 heterocycles. The summed E-state index contributed by atoms with van der Waals surface area (Å²) in [5.41, 5.74) is 1.67. The molecule has 0 aliphatic heterocycles. The SMILES string of the molecule is CN=C(NCC(=O)Nc1ccccc1)NCc1ccccn1. The number of nitrogens with zero attached hydrogens (tertiary/aromatic N) is 2. The molecule has 0 aliphatic carbocycles. The molecular formula is C16H19N5O. The first-order valence-electron chi connectivity index (χ1n) is 6.97. The van der Waals surface area contributed by atoms with Crippen LogP contribution in [-0.2, 0) is 11.3 Å². The molecule has 22 heavy (non-hydrogen) atoms. The van der Waals surface area contributed by atoms with Crippen LogP contribution in [0.3, 0.4) is 0 Å². The molecule has 0 saturated heterocycles.